The highest BCUT2D eigenvalue weighted by Gasteiger charge is 2.66. The van der Waals surface area contributed by atoms with Crippen LogP contribution in [0.25, 0.3) is 10.8 Å². The Morgan fingerprint density at radius 1 is 1.14 bits per heavy atom. The number of hydrogen-bond donors (Lipinski definition) is 3. The van der Waals surface area contributed by atoms with Crippen LogP contribution in [0.2, 0.25) is 0 Å². The minimum absolute atomic E-state index is 0.0260. The summed E-state index contributed by atoms with van der Waals surface area (Å²) in [4.78, 5) is 60.7. The molecule has 6 atom stereocenters. The van der Waals surface area contributed by atoms with E-state index in [0.717, 1.165) is 5.39 Å². The van der Waals surface area contributed by atoms with Gasteiger partial charge < -0.3 is 35.0 Å². The molecule has 1 unspecified atom stereocenters. The number of alkyl carbamates (subject to hydrolysis) is 1. The second kappa shape index (κ2) is 13.7. The first-order chi connectivity index (χ1) is 23.7. The summed E-state index contributed by atoms with van der Waals surface area (Å²) in [6.45, 7) is 13.9. The number of hydroxylamine groups is 1. The van der Waals surface area contributed by atoms with E-state index < -0.39 is 84.2 Å². The van der Waals surface area contributed by atoms with Gasteiger partial charge in [-0.3, -0.25) is 9.59 Å². The van der Waals surface area contributed by atoms with Crippen molar-refractivity contribution < 1.29 is 46.3 Å². The van der Waals surface area contributed by atoms with E-state index in [9.17, 15) is 32.8 Å². The lowest BCUT2D eigenvalue weighted by Gasteiger charge is -2.36. The molecule has 1 aliphatic heterocycles. The zero-order chi connectivity index (χ0) is 37.7. The van der Waals surface area contributed by atoms with Gasteiger partial charge in [-0.05, 0) is 75.1 Å². The molecule has 0 radical (unpaired) electrons. The third kappa shape index (κ3) is 7.97. The first kappa shape index (κ1) is 38.0. The first-order valence-corrected chi connectivity index (χ1v) is 18.4. The number of methoxy groups -OCH3 is 1. The monoisotopic (exact) mass is 729 g/mol. The fourth-order valence-corrected chi connectivity index (χ4v) is 7.80. The van der Waals surface area contributed by atoms with Gasteiger partial charge >= 0.3 is 22.0 Å². The van der Waals surface area contributed by atoms with E-state index in [1.807, 2.05) is 6.07 Å². The molecule has 15 nitrogen and oxygen atoms in total. The lowest BCUT2D eigenvalue weighted by atomic mass is 9.85. The van der Waals surface area contributed by atoms with Crippen LogP contribution in [0.1, 0.15) is 67.2 Å². The van der Waals surface area contributed by atoms with Crippen molar-refractivity contribution in [1.29, 1.82) is 0 Å². The van der Waals surface area contributed by atoms with Gasteiger partial charge in [0.15, 0.2) is 5.54 Å². The standard InChI is InChI=1S/C35H47N5O10S/c1-9-21-18-35(21,31(43)40(45)51(46,47)24-11-12-24)38-28(41)26-17-23(49-29-25-13-10-22(48-8)16-20(25)14-15-36-29)19-39(26)30(42)27(33(2,3)4)37-32(44)50-34(5,6)7/h9-10,13-16,21,23-24,26-27,40H,1,11-12,17-19H2,2-8H3,(H,37,44)(H,38,41)/t21-,23-,26+,27-,35-/m1/s1. The van der Waals surface area contributed by atoms with Crippen molar-refractivity contribution in [2.75, 3.05) is 13.7 Å². The van der Waals surface area contributed by atoms with Crippen LogP contribution in [0.15, 0.2) is 43.1 Å². The van der Waals surface area contributed by atoms with Gasteiger partial charge in [-0.25, -0.2) is 19.0 Å². The number of quaternary nitrogens is 1. The molecule has 2 heterocycles. The Kier molecular flexibility index (Phi) is 10.2. The van der Waals surface area contributed by atoms with Gasteiger partial charge in [-0.2, -0.15) is 8.42 Å². The molecule has 4 amide bonds. The van der Waals surface area contributed by atoms with Crippen molar-refractivity contribution in [3.05, 3.63) is 48.3 Å². The zero-order valence-corrected chi connectivity index (χ0v) is 30.8. The maximum Gasteiger partial charge on any atom is 0.408 e. The summed E-state index contributed by atoms with van der Waals surface area (Å²) in [5.41, 5.74) is -3.52. The number of carbonyl (C=O) groups is 4. The number of carbonyl (C=O) groups excluding carboxylic acids is 4. The molecule has 2 aliphatic carbocycles. The first-order valence-electron chi connectivity index (χ1n) is 16.9. The largest absolute Gasteiger partial charge is 0.610 e. The van der Waals surface area contributed by atoms with Crippen molar-refractivity contribution >= 4 is 44.6 Å². The number of pyridine rings is 1. The van der Waals surface area contributed by atoms with Crippen molar-refractivity contribution in [2.45, 2.75) is 102 Å². The summed E-state index contributed by atoms with van der Waals surface area (Å²) in [6.07, 6.45) is 1.85. The molecular weight excluding hydrogens is 682 g/mol. The van der Waals surface area contributed by atoms with Crippen LogP contribution in [-0.2, 0) is 29.1 Å². The van der Waals surface area contributed by atoms with Crippen molar-refractivity contribution in [2.24, 2.45) is 11.3 Å². The van der Waals surface area contributed by atoms with Gasteiger partial charge in [-0.15, -0.1) is 6.58 Å². The van der Waals surface area contributed by atoms with Gasteiger partial charge in [0.2, 0.25) is 17.7 Å². The predicted octanol–water partition coefficient (Wildman–Crippen LogP) is 1.99. The summed E-state index contributed by atoms with van der Waals surface area (Å²) in [7, 11) is -2.81. The molecular formula is C35H47N5O10S. The second-order valence-electron chi connectivity index (χ2n) is 15.5. The average molecular weight is 730 g/mol. The number of amides is 4. The Morgan fingerprint density at radius 3 is 2.39 bits per heavy atom. The van der Waals surface area contributed by atoms with Crippen molar-refractivity contribution in [3.63, 3.8) is 0 Å². The molecule has 3 N–H and O–H groups in total. The summed E-state index contributed by atoms with van der Waals surface area (Å²) in [5.74, 6) is -2.44. The van der Waals surface area contributed by atoms with Crippen molar-refractivity contribution in [3.8, 4) is 11.6 Å². The van der Waals surface area contributed by atoms with Crippen LogP contribution < -0.4 is 24.6 Å². The van der Waals surface area contributed by atoms with Gasteiger partial charge in [0.1, 0.15) is 34.8 Å². The minimum Gasteiger partial charge on any atom is -0.610 e. The van der Waals surface area contributed by atoms with Gasteiger partial charge in [0, 0.05) is 23.9 Å². The highest BCUT2D eigenvalue weighted by Crippen LogP contribution is 2.45. The lowest BCUT2D eigenvalue weighted by Crippen LogP contribution is -3.14. The van der Waals surface area contributed by atoms with E-state index in [0.29, 0.717) is 11.1 Å². The van der Waals surface area contributed by atoms with Crippen LogP contribution in [0.4, 0.5) is 4.79 Å². The molecule has 278 valence electrons. The summed E-state index contributed by atoms with van der Waals surface area (Å²) < 4.78 is 41.0. The maximum absolute atomic E-state index is 14.4. The second-order valence-corrected chi connectivity index (χ2v) is 17.6. The highest BCUT2D eigenvalue weighted by atomic mass is 32.2. The predicted molar refractivity (Wildman–Crippen MR) is 186 cm³/mol. The Bertz CT molecular complexity index is 1830. The fourth-order valence-electron chi connectivity index (χ4n) is 6.30. The maximum atomic E-state index is 14.4. The molecule has 2 saturated carbocycles. The Morgan fingerprint density at radius 2 is 1.82 bits per heavy atom. The SMILES string of the molecule is C=C[C@@H]1C[C@]1(NC(=O)[C@@H]1C[C@@H](Oc2nccc3cc(OC)ccc23)CN1C(=O)[C@@H](NC(=O)OC(C)(C)C)C(C)(C)C)C(=O)[NH+]([O-])S(=O)(=O)C1CC1. The molecule has 5 rings (SSSR count). The van der Waals surface area contributed by atoms with Crippen LogP contribution >= 0.6 is 0 Å². The topological polar surface area (TPSA) is 198 Å². The number of likely N-dealkylation sites (tertiary alicyclic amines) is 1. The van der Waals surface area contributed by atoms with E-state index >= 15 is 0 Å². The van der Waals surface area contributed by atoms with Crippen LogP contribution in [0.5, 0.6) is 11.6 Å². The van der Waals surface area contributed by atoms with E-state index in [1.165, 1.54) is 11.0 Å². The Labute approximate surface area is 297 Å². The molecule has 51 heavy (non-hydrogen) atoms. The van der Waals surface area contributed by atoms with Crippen LogP contribution in [0.3, 0.4) is 0 Å². The third-order valence-corrected chi connectivity index (χ3v) is 11.3. The highest BCUT2D eigenvalue weighted by molar-refractivity contribution is 7.86. The summed E-state index contributed by atoms with van der Waals surface area (Å²) >= 11 is 0. The van der Waals surface area contributed by atoms with Crippen LogP contribution in [-0.4, -0.2) is 90.3 Å². The smallest absolute Gasteiger partial charge is 0.408 e. The Hall–Kier alpha value is -4.28. The quantitative estimate of drug-likeness (QED) is 0.226. The number of benzene rings is 1. The van der Waals surface area contributed by atoms with Gasteiger partial charge in [0.05, 0.1) is 13.7 Å². The Balaban J connectivity index is 1.46. The van der Waals surface area contributed by atoms with Crippen molar-refractivity contribution in [1.82, 2.24) is 20.5 Å². The zero-order valence-electron chi connectivity index (χ0n) is 30.0. The van der Waals surface area contributed by atoms with E-state index in [-0.39, 0.29) is 38.1 Å². The van der Waals surface area contributed by atoms with E-state index in [4.69, 9.17) is 14.2 Å². The number of hydrogen-bond acceptors (Lipinski definition) is 11. The normalized spacial score (nSPS) is 24.6. The molecule has 16 heteroatoms. The number of ether oxygens (including phenoxy) is 3. The molecule has 2 aromatic rings. The molecule has 0 spiro atoms. The number of nitrogens with zero attached hydrogens (tertiary/aromatic N) is 2. The number of aromatic nitrogens is 1. The summed E-state index contributed by atoms with van der Waals surface area (Å²) in [5, 5.41) is 18.9. The molecule has 3 aliphatic rings. The van der Waals surface area contributed by atoms with Gasteiger partial charge in [0.25, 0.3) is 0 Å². The van der Waals surface area contributed by atoms with Crippen LogP contribution in [0, 0.1) is 16.5 Å². The molecule has 1 aromatic heterocycles. The van der Waals surface area contributed by atoms with Gasteiger partial charge in [-0.1, -0.05) is 26.8 Å². The third-order valence-electron chi connectivity index (χ3n) is 9.29. The minimum atomic E-state index is -4.36. The van der Waals surface area contributed by atoms with E-state index in [2.05, 4.69) is 22.2 Å². The fraction of sp³-hybridized carbons (Fsp3) is 0.571. The number of nitrogens with one attached hydrogen (secondary N) is 3. The summed E-state index contributed by atoms with van der Waals surface area (Å²) in [6, 6.07) is 4.73. The average Bonchev–Trinajstić information content (AvgIpc) is 3.98. The molecule has 1 saturated heterocycles. The van der Waals surface area contributed by atoms with E-state index in [1.54, 1.807) is 73.0 Å². The molecule has 3 fully saturated rings. The lowest BCUT2D eigenvalue weighted by molar-refractivity contribution is -0.621. The molecule has 1 aromatic carbocycles. The number of sulfonamides is 1. The number of fused-ring (bicyclic) bond motifs is 1. The number of rotatable bonds is 11. The molecule has 0 bridgehead atoms.